The van der Waals surface area contributed by atoms with E-state index in [1.165, 1.54) is 0 Å². The zero-order chi connectivity index (χ0) is 12.8. The first-order valence-electron chi connectivity index (χ1n) is 6.48. The quantitative estimate of drug-likeness (QED) is 0.829. The third-order valence-electron chi connectivity index (χ3n) is 3.26. The minimum atomic E-state index is 0.0216. The molecule has 0 aromatic heterocycles. The summed E-state index contributed by atoms with van der Waals surface area (Å²) in [5.74, 6) is 0.816. The lowest BCUT2D eigenvalue weighted by molar-refractivity contribution is -0.122. The Labute approximate surface area is 108 Å². The molecule has 1 aromatic carbocycles. The molecule has 2 atom stereocenters. The van der Waals surface area contributed by atoms with Crippen molar-refractivity contribution in [1.82, 2.24) is 5.32 Å². The van der Waals surface area contributed by atoms with Crippen molar-refractivity contribution in [3.05, 3.63) is 30.3 Å². The van der Waals surface area contributed by atoms with Crippen LogP contribution in [0.2, 0.25) is 0 Å². The fourth-order valence-electron chi connectivity index (χ4n) is 2.23. The lowest BCUT2D eigenvalue weighted by Crippen LogP contribution is -2.44. The summed E-state index contributed by atoms with van der Waals surface area (Å²) in [5.41, 5.74) is 5.90. The molecule has 1 aliphatic rings. The van der Waals surface area contributed by atoms with Crippen molar-refractivity contribution in [1.29, 1.82) is 0 Å². The Morgan fingerprint density at radius 3 is 2.78 bits per heavy atom. The molecule has 1 amide bonds. The second kappa shape index (κ2) is 6.40. The number of nitrogens with one attached hydrogen (secondary N) is 1. The van der Waals surface area contributed by atoms with Gasteiger partial charge in [-0.3, -0.25) is 4.79 Å². The van der Waals surface area contributed by atoms with E-state index in [0.29, 0.717) is 13.0 Å². The Morgan fingerprint density at radius 2 is 2.11 bits per heavy atom. The van der Waals surface area contributed by atoms with E-state index in [0.717, 1.165) is 25.0 Å². The summed E-state index contributed by atoms with van der Waals surface area (Å²) in [6.07, 6.45) is 3.47. The molecule has 98 valence electrons. The molecule has 1 aliphatic carbocycles. The second-order valence-electron chi connectivity index (χ2n) is 4.68. The Kier molecular flexibility index (Phi) is 4.59. The summed E-state index contributed by atoms with van der Waals surface area (Å²) >= 11 is 0. The molecule has 0 radical (unpaired) electrons. The van der Waals surface area contributed by atoms with Crippen molar-refractivity contribution >= 4 is 5.91 Å². The van der Waals surface area contributed by atoms with E-state index in [4.69, 9.17) is 10.5 Å². The van der Waals surface area contributed by atoms with E-state index < -0.39 is 0 Å². The average molecular weight is 248 g/mol. The third kappa shape index (κ3) is 3.74. The Hall–Kier alpha value is -1.55. The van der Waals surface area contributed by atoms with Gasteiger partial charge in [0.2, 0.25) is 5.91 Å². The topological polar surface area (TPSA) is 64.3 Å². The molecule has 3 N–H and O–H groups in total. The maximum atomic E-state index is 11.7. The first-order chi connectivity index (χ1) is 8.75. The Balaban J connectivity index is 1.66. The molecular weight excluding hydrogens is 228 g/mol. The van der Waals surface area contributed by atoms with Crippen molar-refractivity contribution < 1.29 is 9.53 Å². The van der Waals surface area contributed by atoms with Crippen LogP contribution in [0.3, 0.4) is 0 Å². The summed E-state index contributed by atoms with van der Waals surface area (Å²) in [6.45, 7) is 0.401. The number of ether oxygens (including phenoxy) is 1. The van der Waals surface area contributed by atoms with Crippen LogP contribution in [0.4, 0.5) is 0 Å². The summed E-state index contributed by atoms with van der Waals surface area (Å²) < 4.78 is 5.48. The van der Waals surface area contributed by atoms with Gasteiger partial charge in [0.25, 0.3) is 0 Å². The first-order valence-corrected chi connectivity index (χ1v) is 6.48. The van der Waals surface area contributed by atoms with Crippen molar-refractivity contribution in [3.8, 4) is 5.75 Å². The SMILES string of the molecule is NC1CCCC1NC(=O)CCOc1ccccc1. The third-order valence-corrected chi connectivity index (χ3v) is 3.26. The van der Waals surface area contributed by atoms with Crippen LogP contribution in [0.5, 0.6) is 5.75 Å². The van der Waals surface area contributed by atoms with Gasteiger partial charge in [-0.05, 0) is 31.4 Å². The van der Waals surface area contributed by atoms with E-state index in [1.54, 1.807) is 0 Å². The van der Waals surface area contributed by atoms with Gasteiger partial charge in [-0.15, -0.1) is 0 Å². The standard InChI is InChI=1S/C14H20N2O2/c15-12-7-4-8-13(12)16-14(17)9-10-18-11-5-2-1-3-6-11/h1-3,5-6,12-13H,4,7-10,15H2,(H,16,17). The van der Waals surface area contributed by atoms with Gasteiger partial charge < -0.3 is 15.8 Å². The molecule has 1 aromatic rings. The fraction of sp³-hybridized carbons (Fsp3) is 0.500. The summed E-state index contributed by atoms with van der Waals surface area (Å²) in [5, 5.41) is 2.97. The predicted octanol–water partition coefficient (Wildman–Crippen LogP) is 1.45. The normalized spacial score (nSPS) is 22.7. The molecule has 0 saturated heterocycles. The van der Waals surface area contributed by atoms with Crippen LogP contribution < -0.4 is 15.8 Å². The number of para-hydroxylation sites is 1. The van der Waals surface area contributed by atoms with Gasteiger partial charge in [-0.25, -0.2) is 0 Å². The number of hydrogen-bond acceptors (Lipinski definition) is 3. The molecule has 4 heteroatoms. The van der Waals surface area contributed by atoms with Crippen LogP contribution in [0.25, 0.3) is 0 Å². The van der Waals surface area contributed by atoms with Gasteiger partial charge >= 0.3 is 0 Å². The van der Waals surface area contributed by atoms with Crippen molar-refractivity contribution in [2.75, 3.05) is 6.61 Å². The van der Waals surface area contributed by atoms with Crippen LogP contribution in [-0.2, 0) is 4.79 Å². The molecule has 2 unspecified atom stereocenters. The van der Waals surface area contributed by atoms with Gasteiger partial charge in [-0.1, -0.05) is 18.2 Å². The Morgan fingerprint density at radius 1 is 1.33 bits per heavy atom. The highest BCUT2D eigenvalue weighted by atomic mass is 16.5. The number of nitrogens with two attached hydrogens (primary N) is 1. The van der Waals surface area contributed by atoms with Gasteiger partial charge in [0, 0.05) is 12.1 Å². The van der Waals surface area contributed by atoms with Crippen LogP contribution in [-0.4, -0.2) is 24.6 Å². The van der Waals surface area contributed by atoms with Crippen LogP contribution >= 0.6 is 0 Å². The largest absolute Gasteiger partial charge is 0.493 e. The lowest BCUT2D eigenvalue weighted by Gasteiger charge is -2.17. The maximum Gasteiger partial charge on any atom is 0.223 e. The van der Waals surface area contributed by atoms with Crippen LogP contribution in [0.15, 0.2) is 30.3 Å². The highest BCUT2D eigenvalue weighted by Crippen LogP contribution is 2.17. The monoisotopic (exact) mass is 248 g/mol. The zero-order valence-corrected chi connectivity index (χ0v) is 10.5. The predicted molar refractivity (Wildman–Crippen MR) is 70.3 cm³/mol. The molecule has 18 heavy (non-hydrogen) atoms. The van der Waals surface area contributed by atoms with E-state index in [2.05, 4.69) is 5.32 Å². The van der Waals surface area contributed by atoms with E-state index in [1.807, 2.05) is 30.3 Å². The highest BCUT2D eigenvalue weighted by Gasteiger charge is 2.24. The number of carbonyl (C=O) groups excluding carboxylic acids is 1. The van der Waals surface area contributed by atoms with Gasteiger partial charge in [0.05, 0.1) is 13.0 Å². The minimum absolute atomic E-state index is 0.0216. The summed E-state index contributed by atoms with van der Waals surface area (Å²) in [7, 11) is 0. The summed E-state index contributed by atoms with van der Waals surface area (Å²) in [6, 6.07) is 9.77. The van der Waals surface area contributed by atoms with Crippen molar-refractivity contribution in [2.45, 2.75) is 37.8 Å². The maximum absolute atomic E-state index is 11.7. The first kappa shape index (κ1) is 12.9. The molecule has 1 fully saturated rings. The zero-order valence-electron chi connectivity index (χ0n) is 10.5. The van der Waals surface area contributed by atoms with Crippen molar-refractivity contribution in [2.24, 2.45) is 5.73 Å². The molecule has 0 aliphatic heterocycles. The molecule has 2 rings (SSSR count). The second-order valence-corrected chi connectivity index (χ2v) is 4.68. The smallest absolute Gasteiger partial charge is 0.223 e. The fourth-order valence-corrected chi connectivity index (χ4v) is 2.23. The minimum Gasteiger partial charge on any atom is -0.493 e. The van der Waals surface area contributed by atoms with Gasteiger partial charge in [0.1, 0.15) is 5.75 Å². The Bertz CT molecular complexity index is 381. The molecule has 0 spiro atoms. The number of benzene rings is 1. The molecule has 4 nitrogen and oxygen atoms in total. The van der Waals surface area contributed by atoms with Gasteiger partial charge in [0.15, 0.2) is 0 Å². The molecule has 0 bridgehead atoms. The van der Waals surface area contributed by atoms with Gasteiger partial charge in [-0.2, -0.15) is 0 Å². The van der Waals surface area contributed by atoms with Crippen molar-refractivity contribution in [3.63, 3.8) is 0 Å². The van der Waals surface area contributed by atoms with Crippen LogP contribution in [0.1, 0.15) is 25.7 Å². The highest BCUT2D eigenvalue weighted by molar-refractivity contribution is 5.76. The van der Waals surface area contributed by atoms with Crippen LogP contribution in [0, 0.1) is 0 Å². The molecule has 0 heterocycles. The average Bonchev–Trinajstić information content (AvgIpc) is 2.76. The number of carbonyl (C=O) groups is 1. The lowest BCUT2D eigenvalue weighted by atomic mass is 10.2. The number of rotatable bonds is 5. The van der Waals surface area contributed by atoms with E-state index >= 15 is 0 Å². The number of amides is 1. The molecule has 1 saturated carbocycles. The van der Waals surface area contributed by atoms with E-state index in [9.17, 15) is 4.79 Å². The number of hydrogen-bond donors (Lipinski definition) is 2. The molecular formula is C14H20N2O2. The summed E-state index contributed by atoms with van der Waals surface area (Å²) in [4.78, 5) is 11.7. The van der Waals surface area contributed by atoms with E-state index in [-0.39, 0.29) is 18.0 Å².